The van der Waals surface area contributed by atoms with Crippen molar-refractivity contribution in [1.29, 1.82) is 0 Å². The molecule has 0 spiro atoms. The van der Waals surface area contributed by atoms with Crippen molar-refractivity contribution < 1.29 is 0 Å². The largest absolute Gasteiger partial charge is 0.399 e. The van der Waals surface area contributed by atoms with E-state index in [9.17, 15) is 0 Å². The fraction of sp³-hybridized carbons (Fsp3) is 0. The highest BCUT2D eigenvalue weighted by Crippen LogP contribution is 2.23. The van der Waals surface area contributed by atoms with Crippen molar-refractivity contribution in [1.82, 2.24) is 9.97 Å². The van der Waals surface area contributed by atoms with Crippen LogP contribution in [0.4, 0.5) is 5.69 Å². The van der Waals surface area contributed by atoms with Gasteiger partial charge >= 0.3 is 0 Å². The van der Waals surface area contributed by atoms with Gasteiger partial charge in [-0.1, -0.05) is 11.6 Å². The van der Waals surface area contributed by atoms with Crippen LogP contribution in [-0.2, 0) is 0 Å². The zero-order valence-corrected chi connectivity index (χ0v) is 8.07. The first kappa shape index (κ1) is 8.97. The average molecular weight is 206 g/mol. The maximum absolute atomic E-state index is 5.87. The minimum absolute atomic E-state index is 0.602. The van der Waals surface area contributed by atoms with Gasteiger partial charge in [0.25, 0.3) is 0 Å². The minimum Gasteiger partial charge on any atom is -0.399 e. The molecule has 0 aliphatic heterocycles. The summed E-state index contributed by atoms with van der Waals surface area (Å²) in [6.07, 6.45) is 4.93. The van der Waals surface area contributed by atoms with E-state index in [1.807, 2.05) is 12.1 Å². The van der Waals surface area contributed by atoms with E-state index in [0.717, 1.165) is 11.3 Å². The minimum atomic E-state index is 0.602. The van der Waals surface area contributed by atoms with Crippen LogP contribution < -0.4 is 5.73 Å². The first-order valence-corrected chi connectivity index (χ1v) is 4.46. The fourth-order valence-electron chi connectivity index (χ4n) is 1.21. The Kier molecular flexibility index (Phi) is 2.33. The summed E-state index contributed by atoms with van der Waals surface area (Å²) in [6.45, 7) is 0. The van der Waals surface area contributed by atoms with Crippen molar-refractivity contribution >= 4 is 17.3 Å². The van der Waals surface area contributed by atoms with E-state index < -0.39 is 0 Å². The van der Waals surface area contributed by atoms with Crippen molar-refractivity contribution in [2.75, 3.05) is 5.73 Å². The highest BCUT2D eigenvalue weighted by molar-refractivity contribution is 6.31. The molecule has 0 bridgehead atoms. The summed E-state index contributed by atoms with van der Waals surface area (Å²) in [6, 6.07) is 5.32. The van der Waals surface area contributed by atoms with Gasteiger partial charge < -0.3 is 5.73 Å². The molecule has 0 aliphatic carbocycles. The molecule has 0 radical (unpaired) electrons. The summed E-state index contributed by atoms with van der Waals surface area (Å²) in [4.78, 5) is 8.13. The molecule has 4 heteroatoms. The fourth-order valence-corrected chi connectivity index (χ4v) is 1.45. The molecule has 0 saturated heterocycles. The SMILES string of the molecule is Nc1cc(Cl)cc(-c2cnccn2)c1. The Morgan fingerprint density at radius 3 is 2.64 bits per heavy atom. The van der Waals surface area contributed by atoms with E-state index in [2.05, 4.69) is 9.97 Å². The second kappa shape index (κ2) is 3.64. The smallest absolute Gasteiger partial charge is 0.0886 e. The predicted octanol–water partition coefficient (Wildman–Crippen LogP) is 2.38. The van der Waals surface area contributed by atoms with Crippen LogP contribution in [0.1, 0.15) is 0 Å². The molecule has 0 saturated carbocycles. The topological polar surface area (TPSA) is 51.8 Å². The number of nitrogen functional groups attached to an aromatic ring is 1. The normalized spacial score (nSPS) is 10.1. The van der Waals surface area contributed by atoms with Crippen molar-refractivity contribution in [3.05, 3.63) is 41.8 Å². The van der Waals surface area contributed by atoms with Crippen LogP contribution in [0.5, 0.6) is 0 Å². The molecule has 0 aliphatic rings. The number of aromatic nitrogens is 2. The maximum Gasteiger partial charge on any atom is 0.0886 e. The summed E-state index contributed by atoms with van der Waals surface area (Å²) in [5, 5.41) is 0.602. The molecule has 2 N–H and O–H groups in total. The number of nitrogens with two attached hydrogens (primary N) is 1. The quantitative estimate of drug-likeness (QED) is 0.728. The van der Waals surface area contributed by atoms with E-state index in [0.29, 0.717) is 10.7 Å². The van der Waals surface area contributed by atoms with Crippen LogP contribution in [0.15, 0.2) is 36.8 Å². The Bertz CT molecular complexity index is 422. The molecular formula is C10H8ClN3. The molecule has 1 aromatic carbocycles. The first-order valence-electron chi connectivity index (χ1n) is 4.08. The highest BCUT2D eigenvalue weighted by Gasteiger charge is 2.01. The van der Waals surface area contributed by atoms with E-state index in [-0.39, 0.29) is 0 Å². The van der Waals surface area contributed by atoms with Gasteiger partial charge in [-0.2, -0.15) is 0 Å². The van der Waals surface area contributed by atoms with Crippen molar-refractivity contribution in [3.63, 3.8) is 0 Å². The summed E-state index contributed by atoms with van der Waals surface area (Å²) >= 11 is 5.87. The molecule has 1 heterocycles. The summed E-state index contributed by atoms with van der Waals surface area (Å²) in [5.74, 6) is 0. The average Bonchev–Trinajstić information content (AvgIpc) is 2.18. The number of hydrogen-bond acceptors (Lipinski definition) is 3. The molecule has 2 aromatic rings. The van der Waals surface area contributed by atoms with Gasteiger partial charge in [0.2, 0.25) is 0 Å². The zero-order chi connectivity index (χ0) is 9.97. The van der Waals surface area contributed by atoms with Gasteiger partial charge in [0, 0.05) is 28.7 Å². The van der Waals surface area contributed by atoms with E-state index in [4.69, 9.17) is 17.3 Å². The van der Waals surface area contributed by atoms with Gasteiger partial charge in [-0.25, -0.2) is 0 Å². The van der Waals surface area contributed by atoms with Crippen LogP contribution >= 0.6 is 11.6 Å². The standard InChI is InChI=1S/C10H8ClN3/c11-8-3-7(4-9(12)5-8)10-6-13-1-2-14-10/h1-6H,12H2. The molecule has 0 amide bonds. The number of nitrogens with zero attached hydrogens (tertiary/aromatic N) is 2. The Morgan fingerprint density at radius 2 is 2.00 bits per heavy atom. The number of benzene rings is 1. The van der Waals surface area contributed by atoms with Gasteiger partial charge in [0.1, 0.15) is 0 Å². The monoisotopic (exact) mass is 205 g/mol. The van der Waals surface area contributed by atoms with Gasteiger partial charge in [-0.3, -0.25) is 9.97 Å². The second-order valence-electron chi connectivity index (χ2n) is 2.86. The summed E-state index contributed by atoms with van der Waals surface area (Å²) in [7, 11) is 0. The third-order valence-electron chi connectivity index (χ3n) is 1.78. The van der Waals surface area contributed by atoms with E-state index in [1.54, 1.807) is 24.7 Å². The number of rotatable bonds is 1. The van der Waals surface area contributed by atoms with Gasteiger partial charge in [-0.15, -0.1) is 0 Å². The molecule has 0 atom stereocenters. The maximum atomic E-state index is 5.87. The Balaban J connectivity index is 2.52. The number of hydrogen-bond donors (Lipinski definition) is 1. The molecule has 70 valence electrons. The highest BCUT2D eigenvalue weighted by atomic mass is 35.5. The lowest BCUT2D eigenvalue weighted by Gasteiger charge is -2.02. The van der Waals surface area contributed by atoms with Crippen LogP contribution in [-0.4, -0.2) is 9.97 Å². The van der Waals surface area contributed by atoms with Crippen molar-refractivity contribution in [2.45, 2.75) is 0 Å². The van der Waals surface area contributed by atoms with Crippen LogP contribution in [0.3, 0.4) is 0 Å². The molecule has 3 nitrogen and oxygen atoms in total. The summed E-state index contributed by atoms with van der Waals surface area (Å²) < 4.78 is 0. The van der Waals surface area contributed by atoms with Crippen molar-refractivity contribution in [3.8, 4) is 11.3 Å². The number of anilines is 1. The van der Waals surface area contributed by atoms with Gasteiger partial charge in [0.05, 0.1) is 11.9 Å². The zero-order valence-electron chi connectivity index (χ0n) is 7.31. The lowest BCUT2D eigenvalue weighted by Crippen LogP contribution is -1.88. The third kappa shape index (κ3) is 1.83. The lowest BCUT2D eigenvalue weighted by molar-refractivity contribution is 1.21. The first-order chi connectivity index (χ1) is 6.75. The third-order valence-corrected chi connectivity index (χ3v) is 2.00. The second-order valence-corrected chi connectivity index (χ2v) is 3.30. The van der Waals surface area contributed by atoms with E-state index >= 15 is 0 Å². The summed E-state index contributed by atoms with van der Waals surface area (Å²) in [5.41, 5.74) is 7.93. The molecule has 0 unspecified atom stereocenters. The molecule has 14 heavy (non-hydrogen) atoms. The van der Waals surface area contributed by atoms with Gasteiger partial charge in [-0.05, 0) is 18.2 Å². The Labute approximate surface area is 86.6 Å². The van der Waals surface area contributed by atoms with Crippen LogP contribution in [0.2, 0.25) is 5.02 Å². The molecule has 2 rings (SSSR count). The Morgan fingerprint density at radius 1 is 1.14 bits per heavy atom. The molecule has 0 fully saturated rings. The molecular weight excluding hydrogens is 198 g/mol. The van der Waals surface area contributed by atoms with Crippen LogP contribution in [0, 0.1) is 0 Å². The Hall–Kier alpha value is -1.61. The van der Waals surface area contributed by atoms with Crippen LogP contribution in [0.25, 0.3) is 11.3 Å². The number of halogens is 1. The predicted molar refractivity (Wildman–Crippen MR) is 56.9 cm³/mol. The van der Waals surface area contributed by atoms with Gasteiger partial charge in [0.15, 0.2) is 0 Å². The van der Waals surface area contributed by atoms with Crippen molar-refractivity contribution in [2.24, 2.45) is 0 Å². The molecule has 1 aromatic heterocycles. The lowest BCUT2D eigenvalue weighted by atomic mass is 10.1. The van der Waals surface area contributed by atoms with E-state index in [1.165, 1.54) is 0 Å².